The Balaban J connectivity index is 2.67. The molecule has 0 aromatic heterocycles. The van der Waals surface area contributed by atoms with Gasteiger partial charge in [0.1, 0.15) is 5.92 Å². The summed E-state index contributed by atoms with van der Waals surface area (Å²) in [6.07, 6.45) is 0. The predicted molar refractivity (Wildman–Crippen MR) is 102 cm³/mol. The lowest BCUT2D eigenvalue weighted by Crippen LogP contribution is -2.37. The van der Waals surface area contributed by atoms with Crippen molar-refractivity contribution in [2.24, 2.45) is 16.6 Å². The highest BCUT2D eigenvalue weighted by Gasteiger charge is 2.43. The van der Waals surface area contributed by atoms with Crippen molar-refractivity contribution in [1.29, 1.82) is 0 Å². The second-order valence-corrected chi connectivity index (χ2v) is 6.35. The Morgan fingerprint density at radius 2 is 1.93 bits per heavy atom. The average molecular weight is 395 g/mol. The lowest BCUT2D eigenvalue weighted by Gasteiger charge is -2.32. The summed E-state index contributed by atoms with van der Waals surface area (Å²) in [5.41, 5.74) is 7.19. The molecular formula is C19H23ClN2O5. The second kappa shape index (κ2) is 9.64. The van der Waals surface area contributed by atoms with Gasteiger partial charge < -0.3 is 19.9 Å². The van der Waals surface area contributed by atoms with Crippen molar-refractivity contribution in [3.05, 3.63) is 46.1 Å². The zero-order valence-corrected chi connectivity index (χ0v) is 16.3. The third kappa shape index (κ3) is 4.55. The van der Waals surface area contributed by atoms with Gasteiger partial charge in [-0.3, -0.25) is 9.79 Å². The summed E-state index contributed by atoms with van der Waals surface area (Å²) in [6, 6.07) is 7.03. The summed E-state index contributed by atoms with van der Waals surface area (Å²) in [5.74, 6) is -2.62. The van der Waals surface area contributed by atoms with E-state index in [0.29, 0.717) is 35.1 Å². The fourth-order valence-electron chi connectivity index (χ4n) is 3.14. The normalized spacial score (nSPS) is 19.5. The van der Waals surface area contributed by atoms with Crippen molar-refractivity contribution in [3.63, 3.8) is 0 Å². The molecule has 0 radical (unpaired) electrons. The Labute approximate surface area is 163 Å². The summed E-state index contributed by atoms with van der Waals surface area (Å²) in [6.45, 7) is 2.42. The van der Waals surface area contributed by atoms with Gasteiger partial charge in [-0.1, -0.05) is 29.8 Å². The van der Waals surface area contributed by atoms with E-state index in [2.05, 4.69) is 4.99 Å². The molecule has 0 amide bonds. The largest absolute Gasteiger partial charge is 0.468 e. The van der Waals surface area contributed by atoms with Crippen molar-refractivity contribution in [3.8, 4) is 0 Å². The minimum absolute atomic E-state index is 0.0633. The standard InChI is InChI=1S/C19H23ClN2O5/c1-11-15(18(23)25-2)16(12-6-4-5-7-13(12)20)17(19(24)26-3)14(22-11)10-27-9-8-21/h4-7,15-16H,8-10,21H2,1-3H3. The van der Waals surface area contributed by atoms with Crippen LogP contribution in [0.5, 0.6) is 0 Å². The number of methoxy groups -OCH3 is 2. The molecule has 0 spiro atoms. The van der Waals surface area contributed by atoms with E-state index < -0.39 is 23.8 Å². The highest BCUT2D eigenvalue weighted by molar-refractivity contribution is 6.31. The molecule has 0 saturated carbocycles. The quantitative estimate of drug-likeness (QED) is 0.561. The average Bonchev–Trinajstić information content (AvgIpc) is 2.67. The van der Waals surface area contributed by atoms with Crippen LogP contribution < -0.4 is 5.73 Å². The van der Waals surface area contributed by atoms with E-state index in [4.69, 9.17) is 31.5 Å². The van der Waals surface area contributed by atoms with E-state index >= 15 is 0 Å². The summed E-state index contributed by atoms with van der Waals surface area (Å²) in [7, 11) is 2.57. The zero-order valence-electron chi connectivity index (χ0n) is 15.5. The number of esters is 2. The van der Waals surface area contributed by atoms with Gasteiger partial charge in [-0.2, -0.15) is 0 Å². The first-order chi connectivity index (χ1) is 13.0. The molecule has 1 aliphatic rings. The topological polar surface area (TPSA) is 100 Å². The van der Waals surface area contributed by atoms with Crippen molar-refractivity contribution in [2.45, 2.75) is 12.8 Å². The molecule has 27 heavy (non-hydrogen) atoms. The lowest BCUT2D eigenvalue weighted by atomic mass is 9.75. The minimum atomic E-state index is -0.803. The van der Waals surface area contributed by atoms with Gasteiger partial charge in [-0.25, -0.2) is 4.79 Å². The van der Waals surface area contributed by atoms with Gasteiger partial charge in [0.25, 0.3) is 0 Å². The molecular weight excluding hydrogens is 372 g/mol. The van der Waals surface area contributed by atoms with Gasteiger partial charge in [-0.05, 0) is 18.6 Å². The van der Waals surface area contributed by atoms with E-state index in [0.717, 1.165) is 0 Å². The predicted octanol–water partition coefficient (Wildman–Crippen LogP) is 2.09. The zero-order chi connectivity index (χ0) is 20.0. The fraction of sp³-hybridized carbons (Fsp3) is 0.421. The minimum Gasteiger partial charge on any atom is -0.468 e. The van der Waals surface area contributed by atoms with Gasteiger partial charge >= 0.3 is 11.9 Å². The Hall–Kier alpha value is -2.22. The summed E-state index contributed by atoms with van der Waals surface area (Å²) < 4.78 is 15.4. The number of halogens is 1. The molecule has 146 valence electrons. The van der Waals surface area contributed by atoms with Gasteiger partial charge in [0, 0.05) is 23.2 Å². The number of nitrogens with zero attached hydrogens (tertiary/aromatic N) is 1. The molecule has 2 atom stereocenters. The Bertz CT molecular complexity index is 775. The highest BCUT2D eigenvalue weighted by atomic mass is 35.5. The highest BCUT2D eigenvalue weighted by Crippen LogP contribution is 2.42. The third-order valence-electron chi connectivity index (χ3n) is 4.32. The number of hydrogen-bond acceptors (Lipinski definition) is 7. The number of nitrogens with two attached hydrogens (primary N) is 1. The van der Waals surface area contributed by atoms with Crippen LogP contribution in [0, 0.1) is 5.92 Å². The van der Waals surface area contributed by atoms with E-state index in [1.54, 1.807) is 31.2 Å². The summed E-state index contributed by atoms with van der Waals surface area (Å²) in [5, 5.41) is 0.426. The van der Waals surface area contributed by atoms with Crippen molar-refractivity contribution < 1.29 is 23.8 Å². The molecule has 0 aliphatic carbocycles. The molecule has 1 aromatic rings. The molecule has 2 unspecified atom stereocenters. The molecule has 0 saturated heterocycles. The van der Waals surface area contributed by atoms with E-state index in [1.165, 1.54) is 14.2 Å². The van der Waals surface area contributed by atoms with Crippen molar-refractivity contribution >= 4 is 29.3 Å². The molecule has 0 fully saturated rings. The first kappa shape index (κ1) is 21.1. The molecule has 1 aliphatic heterocycles. The maximum absolute atomic E-state index is 12.6. The van der Waals surface area contributed by atoms with Gasteiger partial charge in [0.05, 0.1) is 38.7 Å². The second-order valence-electron chi connectivity index (χ2n) is 5.95. The fourth-order valence-corrected chi connectivity index (χ4v) is 3.40. The summed E-state index contributed by atoms with van der Waals surface area (Å²) in [4.78, 5) is 29.6. The Morgan fingerprint density at radius 1 is 1.22 bits per heavy atom. The molecule has 1 aromatic carbocycles. The van der Waals surface area contributed by atoms with Crippen LogP contribution >= 0.6 is 11.6 Å². The van der Waals surface area contributed by atoms with Gasteiger partial charge in [0.15, 0.2) is 0 Å². The number of rotatable bonds is 7. The Morgan fingerprint density at radius 3 is 2.52 bits per heavy atom. The smallest absolute Gasteiger partial charge is 0.336 e. The van der Waals surface area contributed by atoms with Crippen molar-refractivity contribution in [1.82, 2.24) is 0 Å². The van der Waals surface area contributed by atoms with Crippen LogP contribution in [-0.4, -0.2) is 51.6 Å². The SMILES string of the molecule is COC(=O)C1=C(COCCN)N=C(C)C(C(=O)OC)C1c1ccccc1Cl. The number of hydrogen-bond donors (Lipinski definition) is 1. The van der Waals surface area contributed by atoms with Crippen LogP contribution in [-0.2, 0) is 23.8 Å². The van der Waals surface area contributed by atoms with Crippen LogP contribution in [0.25, 0.3) is 0 Å². The van der Waals surface area contributed by atoms with E-state index in [9.17, 15) is 9.59 Å². The molecule has 7 nitrogen and oxygen atoms in total. The number of carbonyl (C=O) groups excluding carboxylic acids is 2. The maximum Gasteiger partial charge on any atom is 0.336 e. The van der Waals surface area contributed by atoms with Crippen LogP contribution in [0.3, 0.4) is 0 Å². The molecule has 2 rings (SSSR count). The third-order valence-corrected chi connectivity index (χ3v) is 4.66. The van der Waals surface area contributed by atoms with Gasteiger partial charge in [0.2, 0.25) is 0 Å². The number of carbonyl (C=O) groups is 2. The number of ether oxygens (including phenoxy) is 3. The van der Waals surface area contributed by atoms with Crippen LogP contribution in [0.2, 0.25) is 5.02 Å². The van der Waals surface area contributed by atoms with Crippen molar-refractivity contribution in [2.75, 3.05) is 34.0 Å². The molecule has 1 heterocycles. The van der Waals surface area contributed by atoms with E-state index in [-0.39, 0.29) is 12.2 Å². The first-order valence-corrected chi connectivity index (χ1v) is 8.80. The summed E-state index contributed by atoms with van der Waals surface area (Å²) >= 11 is 6.39. The maximum atomic E-state index is 12.6. The van der Waals surface area contributed by atoms with Crippen LogP contribution in [0.15, 0.2) is 40.5 Å². The number of aliphatic imine (C=N–C) groups is 1. The monoisotopic (exact) mass is 394 g/mol. The first-order valence-electron chi connectivity index (χ1n) is 8.42. The lowest BCUT2D eigenvalue weighted by molar-refractivity contribution is -0.143. The van der Waals surface area contributed by atoms with Crippen LogP contribution in [0.1, 0.15) is 18.4 Å². The number of benzene rings is 1. The molecule has 8 heteroatoms. The molecule has 2 N–H and O–H groups in total. The van der Waals surface area contributed by atoms with E-state index in [1.807, 2.05) is 0 Å². The van der Waals surface area contributed by atoms with Crippen LogP contribution in [0.4, 0.5) is 0 Å². The van der Waals surface area contributed by atoms with Gasteiger partial charge in [-0.15, -0.1) is 0 Å². The Kier molecular flexibility index (Phi) is 7.53. The molecule has 0 bridgehead atoms.